The molecule has 0 amide bonds. The number of alkyl halides is 2. The summed E-state index contributed by atoms with van der Waals surface area (Å²) < 4.78 is 24.4. The van der Waals surface area contributed by atoms with Crippen molar-refractivity contribution in [2.75, 3.05) is 6.61 Å². The molecule has 0 aromatic rings. The second kappa shape index (κ2) is 2.46. The van der Waals surface area contributed by atoms with E-state index in [1.54, 1.807) is 6.92 Å². The molecule has 2 atom stereocenters. The van der Waals surface area contributed by atoms with Crippen molar-refractivity contribution in [3.8, 4) is 0 Å². The first-order chi connectivity index (χ1) is 4.56. The monoisotopic (exact) mass is 150 g/mol. The summed E-state index contributed by atoms with van der Waals surface area (Å²) in [6, 6.07) is 0. The van der Waals surface area contributed by atoms with Crippen LogP contribution in [0.25, 0.3) is 0 Å². The Hall–Kier alpha value is -0.180. The van der Waals surface area contributed by atoms with E-state index >= 15 is 0 Å². The minimum atomic E-state index is -2.41. The minimum absolute atomic E-state index is 0.0204. The lowest BCUT2D eigenvalue weighted by Crippen LogP contribution is -2.04. The van der Waals surface area contributed by atoms with Gasteiger partial charge in [-0.05, 0) is 12.3 Å². The largest absolute Gasteiger partial charge is 0.396 e. The number of aliphatic hydroxyl groups is 1. The molecular formula is C7H12F2O. The summed E-state index contributed by atoms with van der Waals surface area (Å²) in [5.74, 6) is -2.84. The molecule has 0 aliphatic heterocycles. The van der Waals surface area contributed by atoms with Gasteiger partial charge >= 0.3 is 0 Å². The van der Waals surface area contributed by atoms with E-state index in [1.165, 1.54) is 0 Å². The van der Waals surface area contributed by atoms with Crippen molar-refractivity contribution in [3.63, 3.8) is 0 Å². The highest BCUT2D eigenvalue weighted by Gasteiger charge is 2.56. The first-order valence-corrected chi connectivity index (χ1v) is 3.55. The summed E-state index contributed by atoms with van der Waals surface area (Å²) >= 11 is 0. The lowest BCUT2D eigenvalue weighted by molar-refractivity contribution is 0.0899. The fraction of sp³-hybridized carbons (Fsp3) is 1.00. The third kappa shape index (κ3) is 1.66. The maximum Gasteiger partial charge on any atom is 0.251 e. The molecule has 0 saturated heterocycles. The summed E-state index contributed by atoms with van der Waals surface area (Å²) in [4.78, 5) is 0. The molecule has 1 aliphatic rings. The van der Waals surface area contributed by atoms with Crippen LogP contribution < -0.4 is 0 Å². The van der Waals surface area contributed by atoms with Gasteiger partial charge < -0.3 is 5.11 Å². The van der Waals surface area contributed by atoms with Gasteiger partial charge in [0.05, 0.1) is 0 Å². The Morgan fingerprint density at radius 2 is 2.20 bits per heavy atom. The maximum absolute atomic E-state index is 12.2. The van der Waals surface area contributed by atoms with Crippen LogP contribution in [0.15, 0.2) is 0 Å². The topological polar surface area (TPSA) is 20.2 Å². The first kappa shape index (κ1) is 7.92. The number of hydrogen-bond donors (Lipinski definition) is 1. The van der Waals surface area contributed by atoms with Crippen LogP contribution in [0, 0.1) is 11.8 Å². The molecule has 0 bridgehead atoms. The lowest BCUT2D eigenvalue weighted by Gasteiger charge is -2.04. The van der Waals surface area contributed by atoms with Gasteiger partial charge in [0.2, 0.25) is 0 Å². The van der Waals surface area contributed by atoms with E-state index in [-0.39, 0.29) is 18.9 Å². The molecule has 1 aliphatic carbocycles. The van der Waals surface area contributed by atoms with E-state index in [0.29, 0.717) is 6.42 Å². The molecule has 1 nitrogen and oxygen atoms in total. The summed E-state index contributed by atoms with van der Waals surface area (Å²) in [5.41, 5.74) is 0. The maximum atomic E-state index is 12.2. The minimum Gasteiger partial charge on any atom is -0.396 e. The van der Waals surface area contributed by atoms with Gasteiger partial charge in [-0.2, -0.15) is 0 Å². The third-order valence-electron chi connectivity index (χ3n) is 1.95. The fourth-order valence-corrected chi connectivity index (χ4v) is 1.09. The Bertz CT molecular complexity index is 125. The van der Waals surface area contributed by atoms with Crippen molar-refractivity contribution in [1.82, 2.24) is 0 Å². The van der Waals surface area contributed by atoms with Gasteiger partial charge in [-0.25, -0.2) is 8.78 Å². The van der Waals surface area contributed by atoms with Crippen LogP contribution in [0.4, 0.5) is 8.78 Å². The van der Waals surface area contributed by atoms with Crippen molar-refractivity contribution < 1.29 is 13.9 Å². The first-order valence-electron chi connectivity index (χ1n) is 3.55. The predicted octanol–water partition coefficient (Wildman–Crippen LogP) is 1.66. The summed E-state index contributed by atoms with van der Waals surface area (Å²) in [5, 5.41) is 8.54. The van der Waals surface area contributed by atoms with Gasteiger partial charge in [-0.1, -0.05) is 6.92 Å². The zero-order valence-corrected chi connectivity index (χ0v) is 5.98. The zero-order chi connectivity index (χ0) is 7.78. The Morgan fingerprint density at radius 3 is 2.50 bits per heavy atom. The van der Waals surface area contributed by atoms with Crippen LogP contribution in [0.3, 0.4) is 0 Å². The molecule has 0 spiro atoms. The Morgan fingerprint density at radius 1 is 1.70 bits per heavy atom. The van der Waals surface area contributed by atoms with Gasteiger partial charge in [-0.15, -0.1) is 0 Å². The van der Waals surface area contributed by atoms with Gasteiger partial charge in [0.25, 0.3) is 5.92 Å². The highest BCUT2D eigenvalue weighted by atomic mass is 19.3. The highest BCUT2D eigenvalue weighted by molar-refractivity contribution is 4.95. The number of hydrogen-bond acceptors (Lipinski definition) is 1. The van der Waals surface area contributed by atoms with Crippen molar-refractivity contribution in [3.05, 3.63) is 0 Å². The smallest absolute Gasteiger partial charge is 0.251 e. The molecule has 1 N–H and O–H groups in total. The fourth-order valence-electron chi connectivity index (χ4n) is 1.09. The van der Waals surface area contributed by atoms with Gasteiger partial charge in [0.15, 0.2) is 0 Å². The van der Waals surface area contributed by atoms with Crippen LogP contribution in [0.1, 0.15) is 19.8 Å². The molecule has 1 saturated carbocycles. The summed E-state index contributed by atoms with van der Waals surface area (Å²) in [6.45, 7) is 1.81. The summed E-state index contributed by atoms with van der Waals surface area (Å²) in [7, 11) is 0. The average Bonchev–Trinajstić information content (AvgIpc) is 2.40. The normalized spacial score (nSPS) is 31.8. The van der Waals surface area contributed by atoms with Crippen LogP contribution >= 0.6 is 0 Å². The molecule has 10 heavy (non-hydrogen) atoms. The summed E-state index contributed by atoms with van der Waals surface area (Å²) in [6.07, 6.45) is 0.487. The Balaban J connectivity index is 2.17. The number of halogens is 2. The van der Waals surface area contributed by atoms with Gasteiger partial charge in [-0.3, -0.25) is 0 Å². The number of rotatable bonds is 3. The molecule has 0 aromatic carbocycles. The van der Waals surface area contributed by atoms with E-state index < -0.39 is 11.8 Å². The average molecular weight is 150 g/mol. The lowest BCUT2D eigenvalue weighted by atomic mass is 10.1. The molecule has 1 rings (SSSR count). The van der Waals surface area contributed by atoms with Crippen LogP contribution in [0.2, 0.25) is 0 Å². The van der Waals surface area contributed by atoms with Crippen molar-refractivity contribution >= 4 is 0 Å². The molecule has 60 valence electrons. The molecular weight excluding hydrogens is 138 g/mol. The van der Waals surface area contributed by atoms with Crippen molar-refractivity contribution in [1.29, 1.82) is 0 Å². The standard InChI is InChI=1S/C7H12F2O/c1-5(4-10)2-6-3-7(6,8)9/h5-6,10H,2-4H2,1H3. The Labute approximate surface area is 59.0 Å². The quantitative estimate of drug-likeness (QED) is 0.648. The van der Waals surface area contributed by atoms with Gasteiger partial charge in [0, 0.05) is 18.9 Å². The van der Waals surface area contributed by atoms with Crippen molar-refractivity contribution in [2.24, 2.45) is 11.8 Å². The molecule has 1 fully saturated rings. The number of aliphatic hydroxyl groups excluding tert-OH is 1. The molecule has 0 heterocycles. The third-order valence-corrected chi connectivity index (χ3v) is 1.95. The van der Waals surface area contributed by atoms with E-state index in [2.05, 4.69) is 0 Å². The molecule has 0 radical (unpaired) electrons. The molecule has 2 unspecified atom stereocenters. The van der Waals surface area contributed by atoms with Crippen molar-refractivity contribution in [2.45, 2.75) is 25.7 Å². The predicted molar refractivity (Wildman–Crippen MR) is 33.9 cm³/mol. The van der Waals surface area contributed by atoms with Crippen LogP contribution in [-0.4, -0.2) is 17.6 Å². The van der Waals surface area contributed by atoms with E-state index in [1.807, 2.05) is 0 Å². The van der Waals surface area contributed by atoms with E-state index in [4.69, 9.17) is 5.11 Å². The Kier molecular flexibility index (Phi) is 1.95. The second-order valence-corrected chi connectivity index (χ2v) is 3.19. The zero-order valence-electron chi connectivity index (χ0n) is 5.98. The second-order valence-electron chi connectivity index (χ2n) is 3.19. The van der Waals surface area contributed by atoms with E-state index in [9.17, 15) is 8.78 Å². The van der Waals surface area contributed by atoms with Crippen LogP contribution in [-0.2, 0) is 0 Å². The molecule has 3 heteroatoms. The van der Waals surface area contributed by atoms with Crippen LogP contribution in [0.5, 0.6) is 0 Å². The SMILES string of the molecule is CC(CO)CC1CC1(F)F. The highest BCUT2D eigenvalue weighted by Crippen LogP contribution is 2.51. The molecule has 0 aromatic heterocycles. The van der Waals surface area contributed by atoms with E-state index in [0.717, 1.165) is 0 Å². The van der Waals surface area contributed by atoms with Gasteiger partial charge in [0.1, 0.15) is 0 Å².